The summed E-state index contributed by atoms with van der Waals surface area (Å²) in [6.07, 6.45) is 3.84. The first kappa shape index (κ1) is 25.1. The van der Waals surface area contributed by atoms with Crippen LogP contribution in [0.25, 0.3) is 31.8 Å². The Kier molecular flexibility index (Phi) is 6.63. The molecule has 0 aliphatic rings. The van der Waals surface area contributed by atoms with E-state index in [-0.39, 0.29) is 16.9 Å². The summed E-state index contributed by atoms with van der Waals surface area (Å²) in [7, 11) is 1.61. The average Bonchev–Trinajstić information content (AvgIpc) is 3.43. The largest absolute Gasteiger partial charge is 0.453 e. The van der Waals surface area contributed by atoms with E-state index < -0.39 is 5.82 Å². The normalized spacial score (nSPS) is 10.9. The lowest BCUT2D eigenvalue weighted by Gasteiger charge is -2.12. The minimum Gasteiger partial charge on any atom is -0.453 e. The number of carbonyl (C=O) groups excluding carboxylic acids is 1. The lowest BCUT2D eigenvalue weighted by molar-refractivity contribution is 0.112. The van der Waals surface area contributed by atoms with E-state index >= 15 is 4.39 Å². The number of halogens is 1. The Morgan fingerprint density at radius 2 is 1.70 bits per heavy atom. The van der Waals surface area contributed by atoms with Crippen molar-refractivity contribution in [1.82, 2.24) is 14.5 Å². The van der Waals surface area contributed by atoms with Gasteiger partial charge in [-0.05, 0) is 41.5 Å². The number of para-hydroxylation sites is 1. The molecule has 196 valence electrons. The number of thiophene rings is 1. The van der Waals surface area contributed by atoms with E-state index in [4.69, 9.17) is 4.74 Å². The zero-order chi connectivity index (χ0) is 27.6. The van der Waals surface area contributed by atoms with E-state index in [1.807, 2.05) is 48.5 Å². The molecule has 9 heteroatoms. The molecule has 0 fully saturated rings. The van der Waals surface area contributed by atoms with Gasteiger partial charge in [-0.15, -0.1) is 11.3 Å². The number of aldehydes is 1. The van der Waals surface area contributed by atoms with Gasteiger partial charge in [-0.3, -0.25) is 19.1 Å². The van der Waals surface area contributed by atoms with Gasteiger partial charge in [0, 0.05) is 41.6 Å². The lowest BCUT2D eigenvalue weighted by atomic mass is 10.1. The third-order valence-corrected chi connectivity index (χ3v) is 7.56. The quantitative estimate of drug-likeness (QED) is 0.212. The van der Waals surface area contributed by atoms with Crippen molar-refractivity contribution in [1.29, 1.82) is 0 Å². The third kappa shape index (κ3) is 4.85. The predicted octanol–water partition coefficient (Wildman–Crippen LogP) is 7.21. The molecule has 0 spiro atoms. The van der Waals surface area contributed by atoms with Crippen LogP contribution in [0.4, 0.5) is 16.0 Å². The van der Waals surface area contributed by atoms with Crippen molar-refractivity contribution < 1.29 is 13.9 Å². The van der Waals surface area contributed by atoms with Gasteiger partial charge in [0.05, 0.1) is 15.8 Å². The van der Waals surface area contributed by atoms with Crippen LogP contribution < -0.4 is 15.6 Å². The fraction of sp³-hybridized carbons (Fsp3) is 0.0323. The molecule has 3 aromatic carbocycles. The molecule has 0 radical (unpaired) electrons. The molecule has 0 atom stereocenters. The second kappa shape index (κ2) is 10.5. The molecule has 40 heavy (non-hydrogen) atoms. The van der Waals surface area contributed by atoms with Crippen molar-refractivity contribution in [2.45, 2.75) is 0 Å². The second-order valence-electron chi connectivity index (χ2n) is 8.97. The van der Waals surface area contributed by atoms with Crippen molar-refractivity contribution in [3.63, 3.8) is 0 Å². The van der Waals surface area contributed by atoms with Gasteiger partial charge < -0.3 is 10.1 Å². The number of nitrogens with one attached hydrogen (secondary N) is 1. The average molecular weight is 549 g/mol. The number of nitrogens with zero attached hydrogens (tertiary/aromatic N) is 3. The number of hydrogen-bond donors (Lipinski definition) is 1. The van der Waals surface area contributed by atoms with Crippen molar-refractivity contribution in [2.75, 3.05) is 5.32 Å². The zero-order valence-corrected chi connectivity index (χ0v) is 22.0. The van der Waals surface area contributed by atoms with Crippen molar-refractivity contribution in [2.24, 2.45) is 7.05 Å². The highest BCUT2D eigenvalue weighted by Gasteiger charge is 2.16. The van der Waals surface area contributed by atoms with E-state index in [1.54, 1.807) is 37.5 Å². The van der Waals surface area contributed by atoms with Crippen molar-refractivity contribution >= 4 is 39.5 Å². The number of rotatable bonds is 7. The number of carbonyl (C=O) groups is 1. The predicted molar refractivity (Wildman–Crippen MR) is 155 cm³/mol. The minimum atomic E-state index is -0.614. The van der Waals surface area contributed by atoms with Crippen molar-refractivity contribution in [3.8, 4) is 33.1 Å². The Balaban J connectivity index is 1.27. The van der Waals surface area contributed by atoms with Crippen LogP contribution in [-0.2, 0) is 7.05 Å². The van der Waals surface area contributed by atoms with Gasteiger partial charge in [-0.2, -0.15) is 0 Å². The van der Waals surface area contributed by atoms with E-state index in [2.05, 4.69) is 15.3 Å². The second-order valence-corrected chi connectivity index (χ2v) is 10.0. The molecule has 3 heterocycles. The SMILES string of the molecule is Cn1c(Nc2ccccc2)ncc(-c2ccc(Oc3ccnc4cc(-c5ccc(C=O)cc5)sc34)c(F)c2)c1=O. The van der Waals surface area contributed by atoms with Gasteiger partial charge in [0.25, 0.3) is 5.56 Å². The highest BCUT2D eigenvalue weighted by Crippen LogP contribution is 2.40. The molecular formula is C31H21FN4O3S. The maximum absolute atomic E-state index is 15.3. The molecule has 0 aliphatic carbocycles. The molecule has 6 rings (SSSR count). The Morgan fingerprint density at radius 1 is 0.925 bits per heavy atom. The molecule has 1 N–H and O–H groups in total. The maximum atomic E-state index is 15.3. The molecule has 3 aromatic heterocycles. The van der Waals surface area contributed by atoms with Gasteiger partial charge in [-0.1, -0.05) is 48.5 Å². The van der Waals surface area contributed by atoms with Crippen LogP contribution in [-0.4, -0.2) is 20.8 Å². The number of aromatic nitrogens is 3. The number of hydrogen-bond acceptors (Lipinski definition) is 7. The molecule has 0 saturated heterocycles. The topological polar surface area (TPSA) is 86.1 Å². The maximum Gasteiger partial charge on any atom is 0.262 e. The summed E-state index contributed by atoms with van der Waals surface area (Å²) in [5, 5.41) is 3.11. The Labute approximate surface area is 232 Å². The summed E-state index contributed by atoms with van der Waals surface area (Å²) in [5.74, 6) is 0.245. The third-order valence-electron chi connectivity index (χ3n) is 6.37. The lowest BCUT2D eigenvalue weighted by Crippen LogP contribution is -2.22. The summed E-state index contributed by atoms with van der Waals surface area (Å²) in [6, 6.07) is 24.7. The van der Waals surface area contributed by atoms with Gasteiger partial charge in [0.1, 0.15) is 12.0 Å². The van der Waals surface area contributed by atoms with Gasteiger partial charge >= 0.3 is 0 Å². The molecule has 0 unspecified atom stereocenters. The van der Waals surface area contributed by atoms with Gasteiger partial charge in [0.2, 0.25) is 5.95 Å². The molecule has 6 aromatic rings. The highest BCUT2D eigenvalue weighted by atomic mass is 32.1. The van der Waals surface area contributed by atoms with Crippen LogP contribution in [0.2, 0.25) is 0 Å². The van der Waals surface area contributed by atoms with Crippen LogP contribution in [0.3, 0.4) is 0 Å². The molecule has 0 saturated carbocycles. The van der Waals surface area contributed by atoms with E-state index in [1.165, 1.54) is 34.2 Å². The van der Waals surface area contributed by atoms with Crippen LogP contribution in [0.15, 0.2) is 102 Å². The van der Waals surface area contributed by atoms with Crippen LogP contribution in [0.1, 0.15) is 10.4 Å². The number of pyridine rings is 1. The van der Waals surface area contributed by atoms with Crippen molar-refractivity contribution in [3.05, 3.63) is 119 Å². The Hall–Kier alpha value is -5.15. The Morgan fingerprint density at radius 3 is 2.45 bits per heavy atom. The number of benzene rings is 3. The minimum absolute atomic E-state index is 0.0219. The van der Waals surface area contributed by atoms with Crippen LogP contribution in [0.5, 0.6) is 11.5 Å². The van der Waals surface area contributed by atoms with Gasteiger partial charge in [-0.25, -0.2) is 9.37 Å². The first-order valence-electron chi connectivity index (χ1n) is 12.3. The standard InChI is InChI=1S/C31H21FN4O3S/c1-36-30(38)23(17-34-31(36)35-22-5-3-2-4-6-22)21-11-12-26(24(32)15-21)39-27-13-14-33-25-16-28(40-29(25)27)20-9-7-19(18-37)8-10-20/h2-18H,1H3,(H,34,35). The zero-order valence-electron chi connectivity index (χ0n) is 21.2. The summed E-state index contributed by atoms with van der Waals surface area (Å²) < 4.78 is 23.4. The van der Waals surface area contributed by atoms with Crippen LogP contribution >= 0.6 is 11.3 Å². The summed E-state index contributed by atoms with van der Waals surface area (Å²) in [5.41, 5.74) is 3.39. The molecule has 0 aliphatic heterocycles. The first-order chi connectivity index (χ1) is 19.5. The number of ether oxygens (including phenoxy) is 1. The van der Waals surface area contributed by atoms with E-state index in [0.29, 0.717) is 28.3 Å². The highest BCUT2D eigenvalue weighted by molar-refractivity contribution is 7.22. The summed E-state index contributed by atoms with van der Waals surface area (Å²) in [6.45, 7) is 0. The van der Waals surface area contributed by atoms with E-state index in [9.17, 15) is 9.59 Å². The monoisotopic (exact) mass is 548 g/mol. The molecular weight excluding hydrogens is 527 g/mol. The summed E-state index contributed by atoms with van der Waals surface area (Å²) in [4.78, 5) is 33.8. The van der Waals surface area contributed by atoms with Gasteiger partial charge in [0.15, 0.2) is 11.6 Å². The summed E-state index contributed by atoms with van der Waals surface area (Å²) >= 11 is 1.46. The first-order valence-corrected chi connectivity index (χ1v) is 13.1. The molecule has 7 nitrogen and oxygen atoms in total. The number of anilines is 2. The smallest absolute Gasteiger partial charge is 0.262 e. The van der Waals surface area contributed by atoms with Crippen LogP contribution in [0, 0.1) is 5.82 Å². The molecule has 0 bridgehead atoms. The Bertz CT molecular complexity index is 1920. The fourth-order valence-corrected chi connectivity index (χ4v) is 5.31. The molecule has 0 amide bonds. The van der Waals surface area contributed by atoms with E-state index in [0.717, 1.165) is 27.1 Å². The number of fused-ring (bicyclic) bond motifs is 1. The fourth-order valence-electron chi connectivity index (χ4n) is 4.24.